The Bertz CT molecular complexity index is 1270. The number of carbonyl (C=O) groups is 1. The Morgan fingerprint density at radius 1 is 1.19 bits per heavy atom. The maximum absolute atomic E-state index is 12.6. The maximum Gasteiger partial charge on any atom is 0.264 e. The molecule has 3 aromatic rings. The van der Waals surface area contributed by atoms with Gasteiger partial charge < -0.3 is 4.57 Å². The van der Waals surface area contributed by atoms with Gasteiger partial charge in [0.1, 0.15) is 0 Å². The molecule has 31 heavy (non-hydrogen) atoms. The largest absolute Gasteiger partial charge is 0.315 e. The first-order chi connectivity index (χ1) is 14.6. The second kappa shape index (κ2) is 8.44. The minimum atomic E-state index is -3.84. The van der Waals surface area contributed by atoms with Crippen LogP contribution in [0.25, 0.3) is 16.8 Å². The number of aryl methyl sites for hydroxylation is 2. The molecule has 10 nitrogen and oxygen atoms in total. The van der Waals surface area contributed by atoms with Gasteiger partial charge in [0.2, 0.25) is 0 Å². The molecular formula is C20H23N5O5S. The first-order valence-electron chi connectivity index (χ1n) is 9.39. The molecule has 2 aromatic heterocycles. The SMILES string of the molecule is Cc1cc(-n2nccn2)ccc1-c1ccn(CC[C@](C)(C(=O)NO)S(C)(=O)=O)c(=O)c1. The van der Waals surface area contributed by atoms with E-state index in [0.29, 0.717) is 5.56 Å². The molecule has 0 aliphatic rings. The third-order valence-corrected chi connectivity index (χ3v) is 7.42. The Morgan fingerprint density at radius 2 is 1.87 bits per heavy atom. The van der Waals surface area contributed by atoms with Gasteiger partial charge in [-0.05, 0) is 55.2 Å². The molecule has 1 amide bonds. The smallest absolute Gasteiger partial charge is 0.264 e. The van der Waals surface area contributed by atoms with E-state index < -0.39 is 20.5 Å². The summed E-state index contributed by atoms with van der Waals surface area (Å²) in [6.45, 7) is 3.12. The van der Waals surface area contributed by atoms with Gasteiger partial charge in [-0.3, -0.25) is 14.8 Å². The number of benzene rings is 1. The molecule has 0 saturated heterocycles. The minimum Gasteiger partial charge on any atom is -0.315 e. The maximum atomic E-state index is 12.6. The molecule has 0 saturated carbocycles. The summed E-state index contributed by atoms with van der Waals surface area (Å²) in [5.41, 5.74) is 4.35. The van der Waals surface area contributed by atoms with Gasteiger partial charge in [-0.1, -0.05) is 6.07 Å². The quantitative estimate of drug-likeness (QED) is 0.410. The summed E-state index contributed by atoms with van der Waals surface area (Å²) in [7, 11) is -3.84. The highest BCUT2D eigenvalue weighted by Crippen LogP contribution is 2.25. The Labute approximate surface area is 179 Å². The van der Waals surface area contributed by atoms with Gasteiger partial charge in [0.25, 0.3) is 11.5 Å². The van der Waals surface area contributed by atoms with E-state index in [1.54, 1.807) is 24.7 Å². The molecule has 0 aliphatic heterocycles. The van der Waals surface area contributed by atoms with Crippen molar-refractivity contribution < 1.29 is 18.4 Å². The highest BCUT2D eigenvalue weighted by molar-refractivity contribution is 7.92. The van der Waals surface area contributed by atoms with E-state index in [4.69, 9.17) is 5.21 Å². The number of sulfone groups is 1. The lowest BCUT2D eigenvalue weighted by Crippen LogP contribution is -2.49. The molecule has 0 unspecified atom stereocenters. The number of nitrogens with one attached hydrogen (secondary N) is 1. The van der Waals surface area contributed by atoms with Crippen molar-refractivity contribution in [3.8, 4) is 16.8 Å². The van der Waals surface area contributed by atoms with Crippen molar-refractivity contribution in [2.45, 2.75) is 31.6 Å². The lowest BCUT2D eigenvalue weighted by atomic mass is 10.0. The number of carbonyl (C=O) groups excluding carboxylic acids is 1. The van der Waals surface area contributed by atoms with E-state index >= 15 is 0 Å². The number of rotatable bonds is 7. The van der Waals surface area contributed by atoms with Crippen LogP contribution in [-0.4, -0.2) is 50.1 Å². The highest BCUT2D eigenvalue weighted by atomic mass is 32.2. The van der Waals surface area contributed by atoms with Crippen molar-refractivity contribution in [2.75, 3.05) is 6.26 Å². The van der Waals surface area contributed by atoms with Crippen molar-refractivity contribution in [2.24, 2.45) is 0 Å². The fraction of sp³-hybridized carbons (Fsp3) is 0.300. The van der Waals surface area contributed by atoms with Crippen molar-refractivity contribution >= 4 is 15.7 Å². The zero-order chi connectivity index (χ0) is 22.8. The predicted molar refractivity (Wildman–Crippen MR) is 114 cm³/mol. The molecule has 1 atom stereocenters. The van der Waals surface area contributed by atoms with Crippen molar-refractivity contribution in [1.29, 1.82) is 0 Å². The minimum absolute atomic E-state index is 0.0149. The van der Waals surface area contributed by atoms with Crippen LogP contribution in [0.1, 0.15) is 18.9 Å². The molecule has 1 aromatic carbocycles. The summed E-state index contributed by atoms with van der Waals surface area (Å²) in [4.78, 5) is 26.1. The summed E-state index contributed by atoms with van der Waals surface area (Å²) in [6.07, 6.45) is 5.46. The number of amides is 1. The van der Waals surface area contributed by atoms with Gasteiger partial charge >= 0.3 is 0 Å². The zero-order valence-electron chi connectivity index (χ0n) is 17.3. The molecule has 0 radical (unpaired) electrons. The van der Waals surface area contributed by atoms with E-state index in [9.17, 15) is 18.0 Å². The van der Waals surface area contributed by atoms with Gasteiger partial charge in [0.05, 0.1) is 18.1 Å². The van der Waals surface area contributed by atoms with Gasteiger partial charge in [-0.2, -0.15) is 15.0 Å². The number of nitrogens with zero attached hydrogens (tertiary/aromatic N) is 4. The van der Waals surface area contributed by atoms with Crippen molar-refractivity contribution in [3.05, 3.63) is 64.8 Å². The Balaban J connectivity index is 1.85. The number of aromatic nitrogens is 4. The van der Waals surface area contributed by atoms with E-state index in [-0.39, 0.29) is 18.5 Å². The van der Waals surface area contributed by atoms with Gasteiger partial charge in [0, 0.05) is 25.1 Å². The summed E-state index contributed by atoms with van der Waals surface area (Å²) in [5, 5.41) is 17.1. The topological polar surface area (TPSA) is 136 Å². The van der Waals surface area contributed by atoms with Crippen molar-refractivity contribution in [3.63, 3.8) is 0 Å². The molecule has 2 N–H and O–H groups in total. The van der Waals surface area contributed by atoms with Crippen molar-refractivity contribution in [1.82, 2.24) is 25.0 Å². The number of hydroxylamine groups is 1. The monoisotopic (exact) mass is 445 g/mol. The van der Waals surface area contributed by atoms with Crippen LogP contribution in [-0.2, 0) is 21.2 Å². The van der Waals surface area contributed by atoms with Gasteiger partial charge in [-0.25, -0.2) is 13.9 Å². The molecule has 0 fully saturated rings. The lowest BCUT2D eigenvalue weighted by Gasteiger charge is -2.25. The van der Waals surface area contributed by atoms with Gasteiger partial charge in [0.15, 0.2) is 14.6 Å². The first-order valence-corrected chi connectivity index (χ1v) is 11.3. The Morgan fingerprint density at radius 3 is 2.42 bits per heavy atom. The van der Waals surface area contributed by atoms with E-state index in [0.717, 1.165) is 23.1 Å². The Hall–Kier alpha value is -3.31. The molecule has 0 spiro atoms. The number of hydrogen-bond acceptors (Lipinski definition) is 7. The summed E-state index contributed by atoms with van der Waals surface area (Å²) < 4.78 is 23.6. The highest BCUT2D eigenvalue weighted by Gasteiger charge is 2.43. The van der Waals surface area contributed by atoms with Crippen LogP contribution >= 0.6 is 0 Å². The third kappa shape index (κ3) is 4.42. The molecule has 0 aliphatic carbocycles. The van der Waals surface area contributed by atoms with Crippen LogP contribution in [0.4, 0.5) is 0 Å². The molecule has 2 heterocycles. The fourth-order valence-corrected chi connectivity index (χ4v) is 4.07. The van der Waals surface area contributed by atoms with Gasteiger partial charge in [-0.15, -0.1) is 0 Å². The van der Waals surface area contributed by atoms with Crippen LogP contribution in [0.2, 0.25) is 0 Å². The predicted octanol–water partition coefficient (Wildman–Crippen LogP) is 1.10. The molecule has 11 heteroatoms. The first kappa shape index (κ1) is 22.4. The average molecular weight is 446 g/mol. The number of pyridine rings is 1. The average Bonchev–Trinajstić information content (AvgIpc) is 3.26. The second-order valence-electron chi connectivity index (χ2n) is 7.46. The molecule has 3 rings (SSSR count). The third-order valence-electron chi connectivity index (χ3n) is 5.40. The lowest BCUT2D eigenvalue weighted by molar-refractivity contribution is -0.131. The van der Waals surface area contributed by atoms with Crippen LogP contribution in [0.5, 0.6) is 0 Å². The van der Waals surface area contributed by atoms with E-state index in [2.05, 4.69) is 10.2 Å². The van der Waals surface area contributed by atoms with E-state index in [1.165, 1.54) is 27.8 Å². The van der Waals surface area contributed by atoms with Crippen LogP contribution in [0, 0.1) is 6.92 Å². The second-order valence-corrected chi connectivity index (χ2v) is 9.90. The van der Waals surface area contributed by atoms with Crippen LogP contribution < -0.4 is 11.0 Å². The Kier molecular flexibility index (Phi) is 6.09. The van der Waals surface area contributed by atoms with Crippen LogP contribution in [0.3, 0.4) is 0 Å². The normalized spacial score (nSPS) is 13.5. The molecule has 0 bridgehead atoms. The fourth-order valence-electron chi connectivity index (χ4n) is 3.22. The van der Waals surface area contributed by atoms with Crippen LogP contribution in [0.15, 0.2) is 53.7 Å². The standard InChI is InChI=1S/C20H23N5O5S/c1-14-12-16(25-21-8-9-22-25)4-5-17(14)15-6-10-24(18(26)13-15)11-7-20(2,19(27)23-28)31(3,29)30/h4-6,8-10,12-13,28H,7,11H2,1-3H3,(H,23,27)/t20-/m1/s1. The molecular weight excluding hydrogens is 422 g/mol. The molecule has 164 valence electrons. The summed E-state index contributed by atoms with van der Waals surface area (Å²) in [5.74, 6) is -1.04. The summed E-state index contributed by atoms with van der Waals surface area (Å²) >= 11 is 0. The summed E-state index contributed by atoms with van der Waals surface area (Å²) in [6, 6.07) is 8.84. The zero-order valence-corrected chi connectivity index (χ0v) is 18.1. The van der Waals surface area contributed by atoms with E-state index in [1.807, 2.05) is 25.1 Å². The number of hydrogen-bond donors (Lipinski definition) is 2.